The zero-order chi connectivity index (χ0) is 8.39. The Hall–Kier alpha value is -1.12. The van der Waals surface area contributed by atoms with Gasteiger partial charge >= 0.3 is 0 Å². The molecule has 0 aliphatic heterocycles. The van der Waals surface area contributed by atoms with Gasteiger partial charge in [-0.2, -0.15) is 0 Å². The summed E-state index contributed by atoms with van der Waals surface area (Å²) in [5, 5.41) is 0. The molecule has 0 atom stereocenters. The first-order valence-corrected chi connectivity index (χ1v) is 4.41. The molecule has 1 aromatic heterocycles. The van der Waals surface area contributed by atoms with Gasteiger partial charge in [-0.3, -0.25) is 0 Å². The first kappa shape index (κ1) is 7.53. The summed E-state index contributed by atoms with van der Waals surface area (Å²) in [6.45, 7) is 0. The Morgan fingerprint density at radius 1 is 1.33 bits per heavy atom. The maximum absolute atomic E-state index is 5.38. The maximum Gasteiger partial charge on any atom is 0.219 e. The number of nitrogens with two attached hydrogens (primary N) is 1. The highest BCUT2D eigenvalue weighted by Crippen LogP contribution is 2.29. The van der Waals surface area contributed by atoms with Crippen molar-refractivity contribution in [2.45, 2.75) is 25.7 Å². The molecular formula is C9H13N3. The predicted molar refractivity (Wildman–Crippen MR) is 47.5 cm³/mol. The van der Waals surface area contributed by atoms with Crippen LogP contribution in [0.25, 0.3) is 0 Å². The van der Waals surface area contributed by atoms with Crippen molar-refractivity contribution in [3.05, 3.63) is 18.0 Å². The molecule has 0 aromatic carbocycles. The second kappa shape index (κ2) is 3.09. The van der Waals surface area contributed by atoms with E-state index < -0.39 is 0 Å². The van der Waals surface area contributed by atoms with E-state index in [4.69, 9.17) is 5.73 Å². The summed E-state index contributed by atoms with van der Waals surface area (Å²) in [5.41, 5.74) is 6.60. The standard InChI is InChI=1S/C9H13N3/c10-9-11-5-8(6-12-9)4-7-2-1-3-7/h5-7H,1-4H2,(H2,10,11,12). The second-order valence-electron chi connectivity index (χ2n) is 3.45. The zero-order valence-corrected chi connectivity index (χ0v) is 7.03. The minimum atomic E-state index is 0.368. The number of rotatable bonds is 2. The Labute approximate surface area is 72.0 Å². The molecule has 0 amide bonds. The Bertz CT molecular complexity index is 251. The first-order valence-electron chi connectivity index (χ1n) is 4.41. The van der Waals surface area contributed by atoms with Crippen LogP contribution in [0.4, 0.5) is 5.95 Å². The molecule has 2 rings (SSSR count). The van der Waals surface area contributed by atoms with E-state index in [0.717, 1.165) is 12.3 Å². The average molecular weight is 163 g/mol. The molecule has 2 N–H and O–H groups in total. The van der Waals surface area contributed by atoms with E-state index in [1.807, 2.05) is 12.4 Å². The van der Waals surface area contributed by atoms with Gasteiger partial charge in [0.1, 0.15) is 0 Å². The number of anilines is 1. The molecule has 0 radical (unpaired) electrons. The van der Waals surface area contributed by atoms with Crippen molar-refractivity contribution in [2.24, 2.45) is 5.92 Å². The molecule has 12 heavy (non-hydrogen) atoms. The summed E-state index contributed by atoms with van der Waals surface area (Å²) < 4.78 is 0. The largest absolute Gasteiger partial charge is 0.368 e. The van der Waals surface area contributed by atoms with Gasteiger partial charge in [0.15, 0.2) is 0 Å². The Kier molecular flexibility index (Phi) is 1.94. The molecule has 1 aromatic rings. The molecule has 0 unspecified atom stereocenters. The zero-order valence-electron chi connectivity index (χ0n) is 7.03. The summed E-state index contributed by atoms with van der Waals surface area (Å²) in [6.07, 6.45) is 8.91. The number of aromatic nitrogens is 2. The molecule has 1 saturated carbocycles. The van der Waals surface area contributed by atoms with Crippen molar-refractivity contribution >= 4 is 5.95 Å². The monoisotopic (exact) mass is 163 g/mol. The molecule has 1 heterocycles. The van der Waals surface area contributed by atoms with Crippen LogP contribution < -0.4 is 5.73 Å². The van der Waals surface area contributed by atoms with Crippen molar-refractivity contribution < 1.29 is 0 Å². The van der Waals surface area contributed by atoms with E-state index in [2.05, 4.69) is 9.97 Å². The van der Waals surface area contributed by atoms with Gasteiger partial charge in [-0.05, 0) is 17.9 Å². The van der Waals surface area contributed by atoms with Gasteiger partial charge in [0, 0.05) is 12.4 Å². The average Bonchev–Trinajstić information content (AvgIpc) is 2.00. The minimum Gasteiger partial charge on any atom is -0.368 e. The third kappa shape index (κ3) is 1.55. The molecule has 0 spiro atoms. The molecule has 1 aliphatic rings. The fourth-order valence-corrected chi connectivity index (χ4v) is 1.50. The topological polar surface area (TPSA) is 51.8 Å². The maximum atomic E-state index is 5.38. The van der Waals surface area contributed by atoms with Crippen LogP contribution in [0.2, 0.25) is 0 Å². The lowest BCUT2D eigenvalue weighted by atomic mass is 9.81. The fourth-order valence-electron chi connectivity index (χ4n) is 1.50. The molecule has 3 nitrogen and oxygen atoms in total. The molecule has 1 aliphatic carbocycles. The van der Waals surface area contributed by atoms with Crippen molar-refractivity contribution in [2.75, 3.05) is 5.73 Å². The molecule has 0 saturated heterocycles. The Morgan fingerprint density at radius 2 is 2.00 bits per heavy atom. The summed E-state index contributed by atoms with van der Waals surface area (Å²) in [4.78, 5) is 7.91. The summed E-state index contributed by atoms with van der Waals surface area (Å²) in [7, 11) is 0. The van der Waals surface area contributed by atoms with E-state index in [9.17, 15) is 0 Å². The van der Waals surface area contributed by atoms with Crippen molar-refractivity contribution in [1.82, 2.24) is 9.97 Å². The predicted octanol–water partition coefficient (Wildman–Crippen LogP) is 1.40. The summed E-state index contributed by atoms with van der Waals surface area (Å²) in [6, 6.07) is 0. The molecule has 3 heteroatoms. The van der Waals surface area contributed by atoms with Crippen LogP contribution in [0, 0.1) is 5.92 Å². The van der Waals surface area contributed by atoms with Crippen LogP contribution in [0.3, 0.4) is 0 Å². The number of nitrogen functional groups attached to an aromatic ring is 1. The highest BCUT2D eigenvalue weighted by Gasteiger charge is 2.17. The van der Waals surface area contributed by atoms with Crippen LogP contribution in [-0.4, -0.2) is 9.97 Å². The van der Waals surface area contributed by atoms with E-state index >= 15 is 0 Å². The lowest BCUT2D eigenvalue weighted by molar-refractivity contribution is 0.314. The Balaban J connectivity index is 1.98. The van der Waals surface area contributed by atoms with Gasteiger partial charge in [0.05, 0.1) is 0 Å². The van der Waals surface area contributed by atoms with E-state index in [-0.39, 0.29) is 0 Å². The van der Waals surface area contributed by atoms with E-state index in [1.54, 1.807) is 0 Å². The summed E-state index contributed by atoms with van der Waals surface area (Å²) >= 11 is 0. The Morgan fingerprint density at radius 3 is 2.50 bits per heavy atom. The van der Waals surface area contributed by atoms with E-state index in [1.165, 1.54) is 24.8 Å². The third-order valence-electron chi connectivity index (χ3n) is 2.47. The van der Waals surface area contributed by atoms with Crippen LogP contribution in [0.1, 0.15) is 24.8 Å². The quantitative estimate of drug-likeness (QED) is 0.717. The SMILES string of the molecule is Nc1ncc(CC2CCC2)cn1. The van der Waals surface area contributed by atoms with Gasteiger partial charge < -0.3 is 5.73 Å². The van der Waals surface area contributed by atoms with Crippen molar-refractivity contribution in [3.8, 4) is 0 Å². The third-order valence-corrected chi connectivity index (χ3v) is 2.47. The van der Waals surface area contributed by atoms with Gasteiger partial charge in [-0.1, -0.05) is 19.3 Å². The highest BCUT2D eigenvalue weighted by molar-refractivity contribution is 5.17. The minimum absolute atomic E-state index is 0.368. The van der Waals surface area contributed by atoms with Crippen LogP contribution in [0.15, 0.2) is 12.4 Å². The van der Waals surface area contributed by atoms with Gasteiger partial charge in [-0.15, -0.1) is 0 Å². The van der Waals surface area contributed by atoms with Gasteiger partial charge in [0.2, 0.25) is 5.95 Å². The number of hydrogen-bond acceptors (Lipinski definition) is 3. The first-order chi connectivity index (χ1) is 5.84. The lowest BCUT2D eigenvalue weighted by Crippen LogP contribution is -2.14. The number of hydrogen-bond donors (Lipinski definition) is 1. The van der Waals surface area contributed by atoms with E-state index in [0.29, 0.717) is 5.95 Å². The van der Waals surface area contributed by atoms with Gasteiger partial charge in [-0.25, -0.2) is 9.97 Å². The molecule has 64 valence electrons. The smallest absolute Gasteiger partial charge is 0.219 e. The fraction of sp³-hybridized carbons (Fsp3) is 0.556. The van der Waals surface area contributed by atoms with Crippen LogP contribution >= 0.6 is 0 Å². The molecule has 0 bridgehead atoms. The van der Waals surface area contributed by atoms with Crippen molar-refractivity contribution in [1.29, 1.82) is 0 Å². The number of nitrogens with zero attached hydrogens (tertiary/aromatic N) is 2. The highest BCUT2D eigenvalue weighted by atomic mass is 15.0. The normalized spacial score (nSPS) is 17.3. The van der Waals surface area contributed by atoms with Crippen LogP contribution in [-0.2, 0) is 6.42 Å². The van der Waals surface area contributed by atoms with Crippen molar-refractivity contribution in [3.63, 3.8) is 0 Å². The van der Waals surface area contributed by atoms with Gasteiger partial charge in [0.25, 0.3) is 0 Å². The molecular weight excluding hydrogens is 150 g/mol. The summed E-state index contributed by atoms with van der Waals surface area (Å²) in [5.74, 6) is 1.24. The second-order valence-corrected chi connectivity index (χ2v) is 3.45. The molecule has 1 fully saturated rings. The lowest BCUT2D eigenvalue weighted by Gasteiger charge is -2.24. The van der Waals surface area contributed by atoms with Crippen LogP contribution in [0.5, 0.6) is 0 Å².